The molecule has 8 heteroatoms. The summed E-state index contributed by atoms with van der Waals surface area (Å²) in [5.74, 6) is 0.0288. The van der Waals surface area contributed by atoms with Crippen LogP contribution < -0.4 is 11.1 Å². The van der Waals surface area contributed by atoms with E-state index in [9.17, 15) is 4.79 Å². The average molecular weight is 363 g/mol. The molecule has 0 unspecified atom stereocenters. The number of nitrogens with one attached hydrogen (secondary N) is 1. The van der Waals surface area contributed by atoms with E-state index >= 15 is 0 Å². The van der Waals surface area contributed by atoms with E-state index in [1.165, 1.54) is 6.33 Å². The Kier molecular flexibility index (Phi) is 4.77. The molecule has 3 N–H and O–H groups in total. The number of aromatic nitrogens is 4. The maximum atomic E-state index is 11.7. The zero-order valence-corrected chi connectivity index (χ0v) is 15.5. The highest BCUT2D eigenvalue weighted by Gasteiger charge is 2.28. The van der Waals surface area contributed by atoms with Crippen LogP contribution in [0.3, 0.4) is 0 Å². The molecule has 2 aromatic heterocycles. The Bertz CT molecular complexity index is 1030. The molecule has 0 spiro atoms. The molecule has 0 saturated heterocycles. The lowest BCUT2D eigenvalue weighted by Crippen LogP contribution is -2.41. The Morgan fingerprint density at radius 1 is 1.30 bits per heavy atom. The van der Waals surface area contributed by atoms with Crippen molar-refractivity contribution in [2.24, 2.45) is 0 Å². The van der Waals surface area contributed by atoms with E-state index in [0.29, 0.717) is 29.1 Å². The number of hydrogen-bond donors (Lipinski definition) is 2. The van der Waals surface area contributed by atoms with Crippen molar-refractivity contribution in [1.82, 2.24) is 25.1 Å². The monoisotopic (exact) mass is 363 g/mol. The molecule has 0 fully saturated rings. The topological polar surface area (TPSA) is 123 Å². The number of nitriles is 1. The first-order valence-corrected chi connectivity index (χ1v) is 8.54. The normalized spacial score (nSPS) is 11.3. The van der Waals surface area contributed by atoms with Gasteiger partial charge in [-0.05, 0) is 20.8 Å². The predicted molar refractivity (Wildman–Crippen MR) is 102 cm³/mol. The zero-order chi connectivity index (χ0) is 19.6. The lowest BCUT2D eigenvalue weighted by Gasteiger charge is -2.26. The molecule has 3 rings (SSSR count). The van der Waals surface area contributed by atoms with Crippen molar-refractivity contribution in [2.45, 2.75) is 32.7 Å². The smallest absolute Gasteiger partial charge is 0.234 e. The van der Waals surface area contributed by atoms with E-state index in [1.54, 1.807) is 4.68 Å². The van der Waals surface area contributed by atoms with Crippen LogP contribution in [0.15, 0.2) is 30.6 Å². The summed E-state index contributed by atoms with van der Waals surface area (Å²) in [5.41, 5.74) is 8.89. The first kappa shape index (κ1) is 18.3. The number of nitrogens with zero attached hydrogens (tertiary/aromatic N) is 5. The summed E-state index contributed by atoms with van der Waals surface area (Å²) in [5, 5.41) is 16.8. The Morgan fingerprint density at radius 3 is 2.67 bits per heavy atom. The molecule has 0 atom stereocenters. The number of hydrogen-bond acceptors (Lipinski definition) is 6. The third-order valence-electron chi connectivity index (χ3n) is 4.35. The van der Waals surface area contributed by atoms with Gasteiger partial charge in [-0.25, -0.2) is 14.6 Å². The van der Waals surface area contributed by atoms with Crippen LogP contribution in [0.5, 0.6) is 0 Å². The molecule has 3 aromatic rings. The molecule has 1 amide bonds. The summed E-state index contributed by atoms with van der Waals surface area (Å²) in [6, 6.07) is 9.82. The number of nitrogens with two attached hydrogens (primary N) is 1. The van der Waals surface area contributed by atoms with Gasteiger partial charge in [-0.1, -0.05) is 29.8 Å². The summed E-state index contributed by atoms with van der Waals surface area (Å²) >= 11 is 0. The number of benzene rings is 1. The summed E-state index contributed by atoms with van der Waals surface area (Å²) in [7, 11) is 0. The van der Waals surface area contributed by atoms with Crippen molar-refractivity contribution < 1.29 is 4.79 Å². The van der Waals surface area contributed by atoms with E-state index in [4.69, 9.17) is 16.1 Å². The maximum absolute atomic E-state index is 11.7. The molecular formula is C19H21N7O. The summed E-state index contributed by atoms with van der Waals surface area (Å²) < 4.78 is 1.75. The van der Waals surface area contributed by atoms with Crippen LogP contribution in [-0.2, 0) is 10.3 Å². The molecule has 0 saturated carbocycles. The van der Waals surface area contributed by atoms with Crippen molar-refractivity contribution in [3.8, 4) is 17.3 Å². The number of aryl methyl sites for hydroxylation is 1. The number of nitrogen functional groups attached to an aromatic ring is 1. The fourth-order valence-corrected chi connectivity index (χ4v) is 2.83. The van der Waals surface area contributed by atoms with E-state index in [2.05, 4.69) is 15.3 Å². The Labute approximate surface area is 157 Å². The van der Waals surface area contributed by atoms with Gasteiger partial charge in [0.25, 0.3) is 0 Å². The van der Waals surface area contributed by atoms with E-state index < -0.39 is 5.54 Å². The van der Waals surface area contributed by atoms with Crippen LogP contribution in [0.4, 0.5) is 5.82 Å². The largest absolute Gasteiger partial charge is 0.383 e. The molecule has 1 aromatic carbocycles. The molecule has 0 radical (unpaired) electrons. The lowest BCUT2D eigenvalue weighted by molar-refractivity contribution is -0.120. The predicted octanol–water partition coefficient (Wildman–Crippen LogP) is 2.15. The quantitative estimate of drug-likeness (QED) is 0.716. The minimum Gasteiger partial charge on any atom is -0.383 e. The first-order valence-electron chi connectivity index (χ1n) is 8.54. The summed E-state index contributed by atoms with van der Waals surface area (Å²) in [6.07, 6.45) is 1.22. The molecule has 0 bridgehead atoms. The van der Waals surface area contributed by atoms with Crippen LogP contribution in [0, 0.1) is 18.3 Å². The minimum atomic E-state index is -0.590. The molecule has 0 aliphatic carbocycles. The lowest BCUT2D eigenvalue weighted by atomic mass is 10.1. The maximum Gasteiger partial charge on any atom is 0.234 e. The summed E-state index contributed by atoms with van der Waals surface area (Å²) in [6.45, 7) is 6.18. The van der Waals surface area contributed by atoms with Crippen molar-refractivity contribution in [2.75, 3.05) is 12.3 Å². The van der Waals surface area contributed by atoms with Gasteiger partial charge in [0.2, 0.25) is 5.91 Å². The number of carbonyl (C=O) groups excluding carboxylic acids is 1. The van der Waals surface area contributed by atoms with Crippen molar-refractivity contribution in [1.29, 1.82) is 5.26 Å². The van der Waals surface area contributed by atoms with Crippen LogP contribution >= 0.6 is 0 Å². The number of amides is 1. The number of anilines is 1. The molecular weight excluding hydrogens is 342 g/mol. The van der Waals surface area contributed by atoms with E-state index in [0.717, 1.165) is 11.1 Å². The van der Waals surface area contributed by atoms with Gasteiger partial charge in [0, 0.05) is 12.1 Å². The van der Waals surface area contributed by atoms with Gasteiger partial charge in [0.15, 0.2) is 5.65 Å². The van der Waals surface area contributed by atoms with E-state index in [-0.39, 0.29) is 12.3 Å². The highest BCUT2D eigenvalue weighted by atomic mass is 16.1. The molecule has 27 heavy (non-hydrogen) atoms. The first-order chi connectivity index (χ1) is 12.8. The van der Waals surface area contributed by atoms with Crippen LogP contribution in [-0.4, -0.2) is 32.2 Å². The standard InChI is InChI=1S/C19H21N7O/c1-12-4-6-13(7-5-12)16-15-17(21)23-11-24-18(15)26(25-16)19(2,3)10-22-14(27)8-9-20/h4-7,11H,8,10H2,1-3H3,(H,22,27)(H2,21,23,24). The fourth-order valence-electron chi connectivity index (χ4n) is 2.83. The van der Waals surface area contributed by atoms with Crippen LogP contribution in [0.1, 0.15) is 25.8 Å². The third kappa shape index (κ3) is 3.58. The molecule has 0 aliphatic heterocycles. The molecule has 2 heterocycles. The molecule has 8 nitrogen and oxygen atoms in total. The fraction of sp³-hybridized carbons (Fsp3) is 0.316. The van der Waals surface area contributed by atoms with Crippen molar-refractivity contribution in [3.63, 3.8) is 0 Å². The average Bonchev–Trinajstić information content (AvgIpc) is 3.03. The second kappa shape index (κ2) is 7.03. The summed E-state index contributed by atoms with van der Waals surface area (Å²) in [4.78, 5) is 20.2. The van der Waals surface area contributed by atoms with Gasteiger partial charge >= 0.3 is 0 Å². The van der Waals surface area contributed by atoms with Gasteiger partial charge < -0.3 is 11.1 Å². The Balaban J connectivity index is 2.09. The highest BCUT2D eigenvalue weighted by Crippen LogP contribution is 2.32. The number of fused-ring (bicyclic) bond motifs is 1. The Hall–Kier alpha value is -3.47. The second-order valence-corrected chi connectivity index (χ2v) is 7.01. The van der Waals surface area contributed by atoms with Crippen LogP contribution in [0.2, 0.25) is 0 Å². The van der Waals surface area contributed by atoms with Crippen molar-refractivity contribution >= 4 is 22.8 Å². The second-order valence-electron chi connectivity index (χ2n) is 7.01. The van der Waals surface area contributed by atoms with Crippen LogP contribution in [0.25, 0.3) is 22.3 Å². The van der Waals surface area contributed by atoms with Gasteiger partial charge in [0.05, 0.1) is 17.0 Å². The molecule has 0 aliphatic rings. The van der Waals surface area contributed by atoms with Gasteiger partial charge in [0.1, 0.15) is 24.3 Å². The zero-order valence-electron chi connectivity index (χ0n) is 15.5. The van der Waals surface area contributed by atoms with E-state index in [1.807, 2.05) is 51.1 Å². The number of rotatable bonds is 5. The van der Waals surface area contributed by atoms with Gasteiger partial charge in [-0.15, -0.1) is 0 Å². The Morgan fingerprint density at radius 2 is 2.00 bits per heavy atom. The van der Waals surface area contributed by atoms with Gasteiger partial charge in [-0.3, -0.25) is 4.79 Å². The SMILES string of the molecule is Cc1ccc(-c2nn(C(C)(C)CNC(=O)CC#N)c3ncnc(N)c23)cc1. The van der Waals surface area contributed by atoms with Gasteiger partial charge in [-0.2, -0.15) is 10.4 Å². The third-order valence-corrected chi connectivity index (χ3v) is 4.35. The minimum absolute atomic E-state index is 0.181. The number of carbonyl (C=O) groups is 1. The molecule has 138 valence electrons. The van der Waals surface area contributed by atoms with Crippen molar-refractivity contribution in [3.05, 3.63) is 36.2 Å². The highest BCUT2D eigenvalue weighted by molar-refractivity contribution is 5.98.